The first kappa shape index (κ1) is 8.11. The van der Waals surface area contributed by atoms with Gasteiger partial charge in [0.2, 0.25) is 0 Å². The van der Waals surface area contributed by atoms with E-state index in [4.69, 9.17) is 0 Å². The van der Waals surface area contributed by atoms with E-state index in [1.807, 2.05) is 12.1 Å². The minimum atomic E-state index is 0.385. The molecule has 0 radical (unpaired) electrons. The van der Waals surface area contributed by atoms with Crippen LogP contribution in [-0.4, -0.2) is 19.5 Å². The molecule has 0 unspecified atom stereocenters. The summed E-state index contributed by atoms with van der Waals surface area (Å²) in [7, 11) is 0. The molecule has 12 heavy (non-hydrogen) atoms. The number of aromatic nitrogens is 1. The predicted molar refractivity (Wildman–Crippen MR) is 56.7 cm³/mol. The summed E-state index contributed by atoms with van der Waals surface area (Å²) in [5, 5.41) is 1.74. The first-order valence-corrected chi connectivity index (χ1v) is 5.79. The Labute approximate surface area is 82.3 Å². The Morgan fingerprint density at radius 2 is 2.17 bits per heavy atom. The van der Waals surface area contributed by atoms with E-state index in [1.54, 1.807) is 5.41 Å². The Morgan fingerprint density at radius 1 is 1.33 bits per heavy atom. The number of thiol groups is 1. The summed E-state index contributed by atoms with van der Waals surface area (Å²) < 4.78 is 2.52. The van der Waals surface area contributed by atoms with Crippen molar-refractivity contribution >= 4 is 43.0 Å². The molecule has 0 fully saturated rings. The molecule has 0 saturated heterocycles. The summed E-state index contributed by atoms with van der Waals surface area (Å²) in [6.07, 6.45) is 1.96. The van der Waals surface area contributed by atoms with Crippen LogP contribution in [0.2, 0.25) is 0 Å². The van der Waals surface area contributed by atoms with Crippen LogP contribution in [0.25, 0.3) is 15.9 Å². The molecule has 0 saturated carbocycles. The molecule has 1 aromatic heterocycles. The third-order valence-electron chi connectivity index (χ3n) is 1.53. The van der Waals surface area contributed by atoms with Crippen molar-refractivity contribution in [2.24, 2.45) is 0 Å². The summed E-state index contributed by atoms with van der Waals surface area (Å²) in [4.78, 5) is 4.45. The Hall–Kier alpha value is -0.501. The van der Waals surface area contributed by atoms with Crippen LogP contribution in [-0.2, 0) is 0 Å². The monoisotopic (exact) mass is 241 g/mol. The minimum absolute atomic E-state index is 0.385. The van der Waals surface area contributed by atoms with Crippen molar-refractivity contribution in [3.8, 4) is 0 Å². The summed E-state index contributed by atoms with van der Waals surface area (Å²) in [6.45, 7) is 0. The van der Waals surface area contributed by atoms with E-state index in [-0.39, 0.29) is 0 Å². The van der Waals surface area contributed by atoms with Crippen molar-refractivity contribution < 1.29 is 0 Å². The normalized spacial score (nSPS) is 11.4. The van der Waals surface area contributed by atoms with Crippen molar-refractivity contribution in [3.63, 3.8) is 0 Å². The number of hydrogen-bond donors (Lipinski definition) is 1. The average Bonchev–Trinajstić information content (AvgIpc) is 2.47. The van der Waals surface area contributed by atoms with E-state index in [0.29, 0.717) is 14.5 Å². The summed E-state index contributed by atoms with van der Waals surface area (Å²) in [6, 6.07) is 8.27. The Kier molecular flexibility index (Phi) is 2.35. The Bertz CT molecular complexity index is 386. The second-order valence-electron chi connectivity index (χ2n) is 2.34. The molecule has 0 aliphatic rings. The van der Waals surface area contributed by atoms with Gasteiger partial charge in [0.25, 0.3) is 0 Å². The quantitative estimate of drug-likeness (QED) is 0.595. The molecule has 1 aromatic carbocycles. The van der Waals surface area contributed by atoms with Crippen molar-refractivity contribution in [2.75, 3.05) is 0 Å². The van der Waals surface area contributed by atoms with E-state index >= 15 is 0 Å². The maximum absolute atomic E-state index is 4.45. The Morgan fingerprint density at radius 3 is 2.92 bits per heavy atom. The van der Waals surface area contributed by atoms with Crippen LogP contribution in [0.15, 0.2) is 29.7 Å². The van der Waals surface area contributed by atoms with Gasteiger partial charge in [0, 0.05) is 0 Å². The van der Waals surface area contributed by atoms with E-state index in [2.05, 4.69) is 35.8 Å². The number of nitrogens with zero attached hydrogens (tertiary/aromatic N) is 1. The molecule has 3 heteroatoms. The molecule has 60 valence electrons. The van der Waals surface area contributed by atoms with E-state index in [0.717, 1.165) is 10.1 Å². The zero-order valence-corrected chi connectivity index (χ0v) is 8.87. The predicted octanol–water partition coefficient (Wildman–Crippen LogP) is 2.19. The van der Waals surface area contributed by atoms with E-state index in [1.165, 1.54) is 4.26 Å². The van der Waals surface area contributed by atoms with Gasteiger partial charge in [-0.1, -0.05) is 0 Å². The fourth-order valence-corrected chi connectivity index (χ4v) is 3.22. The van der Waals surface area contributed by atoms with Crippen LogP contribution in [0.1, 0.15) is 4.57 Å². The van der Waals surface area contributed by atoms with Crippen molar-refractivity contribution in [1.82, 2.24) is 4.98 Å². The van der Waals surface area contributed by atoms with E-state index < -0.39 is 0 Å². The van der Waals surface area contributed by atoms with Gasteiger partial charge in [-0.2, -0.15) is 0 Å². The molecule has 0 amide bonds. The molecule has 2 rings (SSSR count). The van der Waals surface area contributed by atoms with Crippen molar-refractivity contribution in [2.45, 2.75) is 0 Å². The molecule has 0 N–H and O–H groups in total. The molecule has 0 spiro atoms. The number of fused-ring (bicyclic) bond motifs is 1. The van der Waals surface area contributed by atoms with Gasteiger partial charge in [-0.3, -0.25) is 0 Å². The van der Waals surface area contributed by atoms with Gasteiger partial charge in [-0.05, 0) is 0 Å². The Balaban J connectivity index is 2.62. The zero-order valence-electron chi connectivity index (χ0n) is 6.27. The average molecular weight is 240 g/mol. The zero-order chi connectivity index (χ0) is 8.39. The fourth-order valence-electron chi connectivity index (χ4n) is 1.03. The van der Waals surface area contributed by atoms with Gasteiger partial charge < -0.3 is 0 Å². The topological polar surface area (TPSA) is 12.9 Å². The second kappa shape index (κ2) is 3.48. The summed E-state index contributed by atoms with van der Waals surface area (Å²) in [5.74, 6) is 0. The third kappa shape index (κ3) is 1.48. The number of hydrogen-bond acceptors (Lipinski definition) is 2. The molecule has 0 bridgehead atoms. The van der Waals surface area contributed by atoms with Crippen LogP contribution >= 0.6 is 12.6 Å². The summed E-state index contributed by atoms with van der Waals surface area (Å²) in [5.41, 5.74) is 1.12. The van der Waals surface area contributed by atoms with Crippen LogP contribution in [0.4, 0.5) is 0 Å². The van der Waals surface area contributed by atoms with Gasteiger partial charge in [0.15, 0.2) is 0 Å². The molecule has 0 atom stereocenters. The molecule has 1 nitrogen and oxygen atoms in total. The first-order valence-electron chi connectivity index (χ1n) is 3.56. The number of rotatable bonds is 1. The van der Waals surface area contributed by atoms with Gasteiger partial charge in [-0.15, -0.1) is 0 Å². The van der Waals surface area contributed by atoms with Crippen LogP contribution in [0, 0.1) is 0 Å². The number of para-hydroxylation sites is 1. The molecule has 2 aromatic rings. The van der Waals surface area contributed by atoms with Crippen LogP contribution in [0.5, 0.6) is 0 Å². The fraction of sp³-hybridized carbons (Fsp3) is 0. The SMILES string of the molecule is SC=Cc1nc2ccccc2[se]1. The van der Waals surface area contributed by atoms with Crippen LogP contribution in [0.3, 0.4) is 0 Å². The third-order valence-corrected chi connectivity index (χ3v) is 3.78. The van der Waals surface area contributed by atoms with Gasteiger partial charge in [-0.25, -0.2) is 0 Å². The van der Waals surface area contributed by atoms with Crippen molar-refractivity contribution in [1.29, 1.82) is 0 Å². The van der Waals surface area contributed by atoms with Crippen molar-refractivity contribution in [3.05, 3.63) is 34.2 Å². The van der Waals surface area contributed by atoms with Crippen LogP contribution < -0.4 is 0 Å². The molecular formula is C9H7NSSe. The van der Waals surface area contributed by atoms with Gasteiger partial charge in [0.1, 0.15) is 0 Å². The van der Waals surface area contributed by atoms with Gasteiger partial charge in [0.05, 0.1) is 0 Å². The standard InChI is InChI=1S/C9H7NSSe/c11-6-5-9-10-7-3-1-2-4-8(7)12-9/h1-6,11H. The summed E-state index contributed by atoms with van der Waals surface area (Å²) >= 11 is 4.41. The second-order valence-corrected chi connectivity index (χ2v) is 4.86. The maximum atomic E-state index is 4.45. The molecule has 0 aliphatic carbocycles. The molecule has 1 heterocycles. The molecular weight excluding hydrogens is 233 g/mol. The first-order chi connectivity index (χ1) is 5.90. The molecule has 0 aliphatic heterocycles. The van der Waals surface area contributed by atoms with Gasteiger partial charge >= 0.3 is 82.2 Å². The van der Waals surface area contributed by atoms with E-state index in [9.17, 15) is 0 Å². The number of benzene rings is 1.